The number of carbonyl (C=O) groups excluding carboxylic acids is 1. The lowest BCUT2D eigenvalue weighted by Gasteiger charge is -2.19. The fourth-order valence-corrected chi connectivity index (χ4v) is 2.72. The molecule has 2 rings (SSSR count). The number of hydrogen-bond donors (Lipinski definition) is 2. The van der Waals surface area contributed by atoms with Crippen LogP contribution in [0.4, 0.5) is 18.9 Å². The lowest BCUT2D eigenvalue weighted by molar-refractivity contribution is -0.137. The normalized spacial score (nSPS) is 12.1. The SMILES string of the molecule is COc1cc(C(C)NC(=O)CNc2cccc(C(F)(F)F)c2)cc(OC)c1OC. The van der Waals surface area contributed by atoms with Gasteiger partial charge in [-0.05, 0) is 42.8 Å². The molecule has 2 N–H and O–H groups in total. The van der Waals surface area contributed by atoms with Gasteiger partial charge in [-0.1, -0.05) is 6.07 Å². The van der Waals surface area contributed by atoms with Crippen LogP contribution in [0.2, 0.25) is 0 Å². The fourth-order valence-electron chi connectivity index (χ4n) is 2.72. The number of amides is 1. The first-order valence-corrected chi connectivity index (χ1v) is 8.70. The molecular weight excluding hydrogens is 389 g/mol. The van der Waals surface area contributed by atoms with Crippen LogP contribution < -0.4 is 24.8 Å². The molecule has 1 amide bonds. The Labute approximate surface area is 167 Å². The van der Waals surface area contributed by atoms with E-state index in [1.165, 1.54) is 33.5 Å². The molecule has 2 aromatic rings. The highest BCUT2D eigenvalue weighted by Crippen LogP contribution is 2.39. The minimum absolute atomic E-state index is 0.184. The molecule has 29 heavy (non-hydrogen) atoms. The average Bonchev–Trinajstić information content (AvgIpc) is 2.70. The fraction of sp³-hybridized carbons (Fsp3) is 0.350. The van der Waals surface area contributed by atoms with Crippen LogP contribution in [-0.4, -0.2) is 33.8 Å². The highest BCUT2D eigenvalue weighted by atomic mass is 19.4. The van der Waals surface area contributed by atoms with Crippen molar-refractivity contribution in [2.75, 3.05) is 33.2 Å². The summed E-state index contributed by atoms with van der Waals surface area (Å²) in [6.07, 6.45) is -4.44. The van der Waals surface area contributed by atoms with Crippen LogP contribution in [0.1, 0.15) is 24.1 Å². The topological polar surface area (TPSA) is 68.8 Å². The zero-order chi connectivity index (χ0) is 21.6. The summed E-state index contributed by atoms with van der Waals surface area (Å²) in [6, 6.07) is 7.69. The molecule has 158 valence electrons. The second kappa shape index (κ2) is 9.40. The van der Waals surface area contributed by atoms with Crippen LogP contribution in [0.15, 0.2) is 36.4 Å². The molecule has 0 aliphatic carbocycles. The molecule has 0 bridgehead atoms. The molecule has 0 aliphatic heterocycles. The van der Waals surface area contributed by atoms with Gasteiger partial charge in [0.25, 0.3) is 0 Å². The minimum atomic E-state index is -4.44. The van der Waals surface area contributed by atoms with E-state index in [-0.39, 0.29) is 18.1 Å². The van der Waals surface area contributed by atoms with E-state index in [1.54, 1.807) is 19.1 Å². The maximum atomic E-state index is 12.8. The second-order valence-electron chi connectivity index (χ2n) is 6.18. The molecule has 2 aromatic carbocycles. The quantitative estimate of drug-likeness (QED) is 0.686. The minimum Gasteiger partial charge on any atom is -0.493 e. The Morgan fingerprint density at radius 2 is 1.66 bits per heavy atom. The molecule has 0 saturated carbocycles. The first kappa shape index (κ1) is 22.2. The lowest BCUT2D eigenvalue weighted by Crippen LogP contribution is -2.32. The van der Waals surface area contributed by atoms with Crippen molar-refractivity contribution in [3.63, 3.8) is 0 Å². The Bertz CT molecular complexity index is 831. The molecular formula is C20H23F3N2O4. The predicted molar refractivity (Wildman–Crippen MR) is 103 cm³/mol. The first-order chi connectivity index (χ1) is 13.7. The highest BCUT2D eigenvalue weighted by Gasteiger charge is 2.30. The van der Waals surface area contributed by atoms with Gasteiger partial charge in [0.05, 0.1) is 39.5 Å². The summed E-state index contributed by atoms with van der Waals surface area (Å²) in [4.78, 5) is 12.2. The molecule has 0 aliphatic rings. The van der Waals surface area contributed by atoms with E-state index in [2.05, 4.69) is 10.6 Å². The summed E-state index contributed by atoms with van der Waals surface area (Å²) in [6.45, 7) is 1.58. The standard InChI is InChI=1S/C20H23F3N2O4/c1-12(13-8-16(27-2)19(29-4)17(9-13)28-3)25-18(26)11-24-15-7-5-6-14(10-15)20(21,22)23/h5-10,12,24H,11H2,1-4H3,(H,25,26). The molecule has 0 fully saturated rings. The van der Waals surface area contributed by atoms with Gasteiger partial charge in [0, 0.05) is 5.69 Å². The predicted octanol–water partition coefficient (Wildman–Crippen LogP) is 4.02. The van der Waals surface area contributed by atoms with Crippen LogP contribution in [0.25, 0.3) is 0 Å². The maximum Gasteiger partial charge on any atom is 0.416 e. The van der Waals surface area contributed by atoms with Crippen LogP contribution in [-0.2, 0) is 11.0 Å². The molecule has 1 unspecified atom stereocenters. The first-order valence-electron chi connectivity index (χ1n) is 8.70. The van der Waals surface area contributed by atoms with E-state index in [0.29, 0.717) is 22.8 Å². The van der Waals surface area contributed by atoms with Crippen molar-refractivity contribution in [1.29, 1.82) is 0 Å². The summed E-state index contributed by atoms with van der Waals surface area (Å²) < 4.78 is 54.2. The zero-order valence-corrected chi connectivity index (χ0v) is 16.5. The number of carbonyl (C=O) groups is 1. The number of alkyl halides is 3. The number of anilines is 1. The Hall–Kier alpha value is -3.10. The monoisotopic (exact) mass is 412 g/mol. The molecule has 0 spiro atoms. The molecule has 0 radical (unpaired) electrons. The summed E-state index contributed by atoms with van der Waals surface area (Å²) in [5.74, 6) is 0.947. The summed E-state index contributed by atoms with van der Waals surface area (Å²) >= 11 is 0. The Morgan fingerprint density at radius 3 is 2.17 bits per heavy atom. The van der Waals surface area contributed by atoms with Gasteiger partial charge >= 0.3 is 6.18 Å². The van der Waals surface area contributed by atoms with E-state index in [9.17, 15) is 18.0 Å². The van der Waals surface area contributed by atoms with Gasteiger partial charge in [0.15, 0.2) is 11.5 Å². The molecule has 0 heterocycles. The van der Waals surface area contributed by atoms with Crippen molar-refractivity contribution in [3.8, 4) is 17.2 Å². The highest BCUT2D eigenvalue weighted by molar-refractivity contribution is 5.81. The van der Waals surface area contributed by atoms with Crippen molar-refractivity contribution in [3.05, 3.63) is 47.5 Å². The largest absolute Gasteiger partial charge is 0.493 e. The van der Waals surface area contributed by atoms with Crippen LogP contribution >= 0.6 is 0 Å². The van der Waals surface area contributed by atoms with Gasteiger partial charge < -0.3 is 24.8 Å². The smallest absolute Gasteiger partial charge is 0.416 e. The Kier molecular flexibility index (Phi) is 7.19. The molecule has 9 heteroatoms. The summed E-state index contributed by atoms with van der Waals surface area (Å²) in [7, 11) is 4.47. The van der Waals surface area contributed by atoms with Crippen molar-refractivity contribution in [2.24, 2.45) is 0 Å². The third-order valence-electron chi connectivity index (χ3n) is 4.21. The Morgan fingerprint density at radius 1 is 1.03 bits per heavy atom. The second-order valence-corrected chi connectivity index (χ2v) is 6.18. The van der Waals surface area contributed by atoms with Crippen molar-refractivity contribution in [1.82, 2.24) is 5.32 Å². The van der Waals surface area contributed by atoms with Crippen molar-refractivity contribution < 1.29 is 32.2 Å². The number of benzene rings is 2. The van der Waals surface area contributed by atoms with Gasteiger partial charge in [0.1, 0.15) is 0 Å². The van der Waals surface area contributed by atoms with Gasteiger partial charge in [-0.25, -0.2) is 0 Å². The number of ether oxygens (including phenoxy) is 3. The third-order valence-corrected chi connectivity index (χ3v) is 4.21. The van der Waals surface area contributed by atoms with Crippen LogP contribution in [0, 0.1) is 0 Å². The number of halogens is 3. The van der Waals surface area contributed by atoms with E-state index in [0.717, 1.165) is 12.1 Å². The molecule has 1 atom stereocenters. The molecule has 6 nitrogen and oxygen atoms in total. The molecule has 0 aromatic heterocycles. The number of methoxy groups -OCH3 is 3. The van der Waals surface area contributed by atoms with Gasteiger partial charge in [0.2, 0.25) is 11.7 Å². The van der Waals surface area contributed by atoms with Crippen LogP contribution in [0.3, 0.4) is 0 Å². The van der Waals surface area contributed by atoms with E-state index >= 15 is 0 Å². The third kappa shape index (κ3) is 5.69. The summed E-state index contributed by atoms with van der Waals surface area (Å²) in [5.41, 5.74) is 0.135. The zero-order valence-electron chi connectivity index (χ0n) is 16.5. The molecule has 0 saturated heterocycles. The lowest BCUT2D eigenvalue weighted by atomic mass is 10.1. The number of rotatable bonds is 8. The number of nitrogens with one attached hydrogen (secondary N) is 2. The average molecular weight is 412 g/mol. The van der Waals surface area contributed by atoms with E-state index < -0.39 is 17.8 Å². The van der Waals surface area contributed by atoms with Gasteiger partial charge in [-0.15, -0.1) is 0 Å². The Balaban J connectivity index is 2.04. The van der Waals surface area contributed by atoms with Gasteiger partial charge in [-0.3, -0.25) is 4.79 Å². The van der Waals surface area contributed by atoms with Crippen molar-refractivity contribution in [2.45, 2.75) is 19.1 Å². The van der Waals surface area contributed by atoms with Crippen molar-refractivity contribution >= 4 is 11.6 Å². The van der Waals surface area contributed by atoms with E-state index in [1.807, 2.05) is 0 Å². The van der Waals surface area contributed by atoms with Crippen LogP contribution in [0.5, 0.6) is 17.2 Å². The summed E-state index contributed by atoms with van der Waals surface area (Å²) in [5, 5.41) is 5.47. The van der Waals surface area contributed by atoms with Gasteiger partial charge in [-0.2, -0.15) is 13.2 Å². The maximum absolute atomic E-state index is 12.8. The number of hydrogen-bond acceptors (Lipinski definition) is 5. The van der Waals surface area contributed by atoms with E-state index in [4.69, 9.17) is 14.2 Å².